The standard InChI is InChI=1S/C91H86/c1-5-7-9-11-13-27-49-91(50-28-14-12-10-8-6-2)89-53-65(3)37-47-87(89)88-48-46-75(64-90(88)91)83-57-82(62-86(63-83)85-60-80(69-33-23-17-24-34-69)56-81(61-85)70-35-25-18-26-36-70)74-44-40-72(41-45-74)71-38-42-73(43-39-71)76-51-66(4)52-77(54-76)84-58-78(67-29-19-15-20-30-67)55-79(59-84)68-31-21-16-22-32-68/h15-26,29-48,51-64H,5-14,27-28,49-50H2,1-4H3. The van der Waals surface area contributed by atoms with Gasteiger partial charge in [-0.1, -0.05) is 309 Å². The number of fused-ring (bicyclic) bond motifs is 3. The van der Waals surface area contributed by atoms with E-state index in [0.29, 0.717) is 0 Å². The number of benzene rings is 12. The molecule has 0 heteroatoms. The molecular formula is C91H86. The first-order valence-electron chi connectivity index (χ1n) is 34.1. The van der Waals surface area contributed by atoms with Crippen LogP contribution in [0.5, 0.6) is 0 Å². The molecule has 1 aliphatic carbocycles. The molecule has 450 valence electrons. The van der Waals surface area contributed by atoms with Gasteiger partial charge in [0, 0.05) is 5.41 Å². The highest BCUT2D eigenvalue weighted by atomic mass is 14.5. The van der Waals surface area contributed by atoms with Gasteiger partial charge >= 0.3 is 0 Å². The summed E-state index contributed by atoms with van der Waals surface area (Å²) in [6, 6.07) is 105. The van der Waals surface area contributed by atoms with Gasteiger partial charge < -0.3 is 0 Å². The van der Waals surface area contributed by atoms with Gasteiger partial charge in [-0.25, -0.2) is 0 Å². The van der Waals surface area contributed by atoms with Crippen molar-refractivity contribution >= 4 is 0 Å². The fourth-order valence-electron chi connectivity index (χ4n) is 14.6. The lowest BCUT2D eigenvalue weighted by Crippen LogP contribution is -2.25. The molecule has 0 radical (unpaired) electrons. The molecule has 0 fully saturated rings. The third-order valence-corrected chi connectivity index (χ3v) is 19.5. The summed E-state index contributed by atoms with van der Waals surface area (Å²) < 4.78 is 0. The minimum Gasteiger partial charge on any atom is -0.0654 e. The van der Waals surface area contributed by atoms with Crippen molar-refractivity contribution in [2.24, 2.45) is 0 Å². The molecule has 0 atom stereocenters. The molecule has 0 amide bonds. The van der Waals surface area contributed by atoms with Crippen LogP contribution in [-0.4, -0.2) is 0 Å². The Hall–Kier alpha value is -9.36. The van der Waals surface area contributed by atoms with Gasteiger partial charge in [-0.3, -0.25) is 0 Å². The van der Waals surface area contributed by atoms with Crippen LogP contribution < -0.4 is 0 Å². The van der Waals surface area contributed by atoms with E-state index < -0.39 is 0 Å². The molecule has 0 bridgehead atoms. The van der Waals surface area contributed by atoms with E-state index in [1.807, 2.05) is 0 Å². The van der Waals surface area contributed by atoms with Crippen LogP contribution in [0.1, 0.15) is 126 Å². The van der Waals surface area contributed by atoms with Crippen molar-refractivity contribution in [3.63, 3.8) is 0 Å². The van der Waals surface area contributed by atoms with Crippen LogP contribution >= 0.6 is 0 Å². The Morgan fingerprint density at radius 1 is 0.198 bits per heavy atom. The molecule has 0 N–H and O–H groups in total. The Bertz CT molecular complexity index is 4260. The summed E-state index contributed by atoms with van der Waals surface area (Å²) in [4.78, 5) is 0. The highest BCUT2D eigenvalue weighted by Crippen LogP contribution is 2.56. The molecule has 0 unspecified atom stereocenters. The largest absolute Gasteiger partial charge is 0.0654 e. The summed E-state index contributed by atoms with van der Waals surface area (Å²) in [6.45, 7) is 9.18. The molecule has 0 saturated carbocycles. The fraction of sp³-hybridized carbons (Fsp3) is 0.209. The van der Waals surface area contributed by atoms with E-state index in [2.05, 4.69) is 307 Å². The minimum absolute atomic E-state index is 0.0170. The summed E-state index contributed by atoms with van der Waals surface area (Å²) in [5, 5.41) is 0. The third-order valence-electron chi connectivity index (χ3n) is 19.5. The monoisotopic (exact) mass is 1180 g/mol. The zero-order chi connectivity index (χ0) is 61.9. The second-order valence-electron chi connectivity index (χ2n) is 26.0. The maximum absolute atomic E-state index is 2.65. The average molecular weight is 1180 g/mol. The van der Waals surface area contributed by atoms with Gasteiger partial charge in [-0.05, 0) is 233 Å². The lowest BCUT2D eigenvalue weighted by molar-refractivity contribution is 0.398. The van der Waals surface area contributed by atoms with Gasteiger partial charge in [-0.2, -0.15) is 0 Å². The quantitative estimate of drug-likeness (QED) is 0.0529. The number of hydrogen-bond donors (Lipinski definition) is 0. The second kappa shape index (κ2) is 28.2. The number of aryl methyl sites for hydroxylation is 2. The molecule has 0 saturated heterocycles. The van der Waals surface area contributed by atoms with E-state index in [1.54, 1.807) is 11.1 Å². The van der Waals surface area contributed by atoms with Crippen molar-refractivity contribution in [2.45, 2.75) is 123 Å². The normalized spacial score (nSPS) is 12.2. The molecule has 0 spiro atoms. The highest BCUT2D eigenvalue weighted by Gasteiger charge is 2.42. The van der Waals surface area contributed by atoms with Crippen LogP contribution in [0.4, 0.5) is 0 Å². The zero-order valence-electron chi connectivity index (χ0n) is 54.0. The van der Waals surface area contributed by atoms with Crippen LogP contribution in [-0.2, 0) is 5.41 Å². The Morgan fingerprint density at radius 3 is 0.813 bits per heavy atom. The minimum atomic E-state index is -0.0170. The smallest absolute Gasteiger partial charge is 0.0215 e. The molecule has 12 aromatic carbocycles. The molecule has 1 aliphatic rings. The van der Waals surface area contributed by atoms with Crippen LogP contribution in [0.15, 0.2) is 279 Å². The average Bonchev–Trinajstić information content (AvgIpc) is 1.58. The van der Waals surface area contributed by atoms with Crippen LogP contribution in [0.25, 0.3) is 122 Å². The first kappa shape index (κ1) is 60.5. The molecular weight excluding hydrogens is 1090 g/mol. The summed E-state index contributed by atoms with van der Waals surface area (Å²) in [6.07, 6.45) is 18.1. The lowest BCUT2D eigenvalue weighted by Gasteiger charge is -2.33. The predicted octanol–water partition coefficient (Wildman–Crippen LogP) is 26.7. The number of unbranched alkanes of at least 4 members (excludes halogenated alkanes) is 10. The van der Waals surface area contributed by atoms with Crippen molar-refractivity contribution in [1.29, 1.82) is 0 Å². The molecule has 0 aromatic heterocycles. The first-order chi connectivity index (χ1) is 44.8. The van der Waals surface area contributed by atoms with Crippen molar-refractivity contribution in [2.75, 3.05) is 0 Å². The molecule has 91 heavy (non-hydrogen) atoms. The number of rotatable bonds is 24. The zero-order valence-corrected chi connectivity index (χ0v) is 54.0. The summed E-state index contributed by atoms with van der Waals surface area (Å²) in [5.41, 5.74) is 33.0. The van der Waals surface area contributed by atoms with Crippen molar-refractivity contribution < 1.29 is 0 Å². The van der Waals surface area contributed by atoms with E-state index in [9.17, 15) is 0 Å². The summed E-state index contributed by atoms with van der Waals surface area (Å²) in [7, 11) is 0. The van der Waals surface area contributed by atoms with Crippen LogP contribution in [0.2, 0.25) is 0 Å². The Kier molecular flexibility index (Phi) is 18.8. The van der Waals surface area contributed by atoms with Crippen molar-refractivity contribution in [3.05, 3.63) is 301 Å². The van der Waals surface area contributed by atoms with E-state index in [4.69, 9.17) is 0 Å². The van der Waals surface area contributed by atoms with Gasteiger partial charge in [0.2, 0.25) is 0 Å². The van der Waals surface area contributed by atoms with Crippen molar-refractivity contribution in [3.8, 4) is 122 Å². The van der Waals surface area contributed by atoms with Crippen LogP contribution in [0, 0.1) is 13.8 Å². The second-order valence-corrected chi connectivity index (χ2v) is 26.0. The molecule has 0 aliphatic heterocycles. The number of hydrogen-bond acceptors (Lipinski definition) is 0. The van der Waals surface area contributed by atoms with Gasteiger partial charge in [0.25, 0.3) is 0 Å². The van der Waals surface area contributed by atoms with E-state index in [1.165, 1.54) is 223 Å². The van der Waals surface area contributed by atoms with Crippen molar-refractivity contribution in [1.82, 2.24) is 0 Å². The lowest BCUT2D eigenvalue weighted by atomic mass is 9.70. The molecule has 0 heterocycles. The Morgan fingerprint density at radius 2 is 0.451 bits per heavy atom. The summed E-state index contributed by atoms with van der Waals surface area (Å²) in [5.74, 6) is 0. The topological polar surface area (TPSA) is 0 Å². The SMILES string of the molecule is CCCCCCCCC1(CCCCCCCC)c2cc(C)ccc2-c2ccc(-c3cc(-c4ccc(-c5ccc(-c6cc(C)cc(-c7cc(-c8ccccc8)cc(-c8ccccc8)c7)c6)cc5)cc4)cc(-c4cc(-c5ccccc5)cc(-c5ccccc5)c4)c3)cc21. The first-order valence-corrected chi connectivity index (χ1v) is 34.1. The molecule has 13 rings (SSSR count). The highest BCUT2D eigenvalue weighted by molar-refractivity contribution is 5.90. The van der Waals surface area contributed by atoms with Gasteiger partial charge in [0.1, 0.15) is 0 Å². The van der Waals surface area contributed by atoms with E-state index in [-0.39, 0.29) is 5.41 Å². The fourth-order valence-corrected chi connectivity index (χ4v) is 14.6. The van der Waals surface area contributed by atoms with Gasteiger partial charge in [0.05, 0.1) is 0 Å². The maximum Gasteiger partial charge on any atom is 0.0215 e. The van der Waals surface area contributed by atoms with Crippen LogP contribution in [0.3, 0.4) is 0 Å². The summed E-state index contributed by atoms with van der Waals surface area (Å²) >= 11 is 0. The van der Waals surface area contributed by atoms with E-state index in [0.717, 1.165) is 0 Å². The molecule has 12 aromatic rings. The third kappa shape index (κ3) is 13.7. The van der Waals surface area contributed by atoms with Gasteiger partial charge in [0.15, 0.2) is 0 Å². The van der Waals surface area contributed by atoms with Gasteiger partial charge in [-0.15, -0.1) is 0 Å². The Labute approximate surface area is 543 Å². The predicted molar refractivity (Wildman–Crippen MR) is 392 cm³/mol. The van der Waals surface area contributed by atoms with E-state index >= 15 is 0 Å². The Balaban J connectivity index is 0.872. The molecule has 0 nitrogen and oxygen atoms in total. The maximum atomic E-state index is 2.65.